The molecule has 144 valence electrons. The molecule has 0 radical (unpaired) electrons. The molecule has 3 amide bonds. The van der Waals surface area contributed by atoms with Crippen molar-refractivity contribution in [2.45, 2.75) is 42.8 Å². The molecule has 0 bridgehead atoms. The number of fused-ring (bicyclic) bond motifs is 1. The number of rotatable bonds is 5. The van der Waals surface area contributed by atoms with Crippen molar-refractivity contribution in [3.05, 3.63) is 34.6 Å². The van der Waals surface area contributed by atoms with Crippen molar-refractivity contribution in [2.24, 2.45) is 0 Å². The fraction of sp³-hybridized carbons (Fsp3) is 0.444. The largest absolute Gasteiger partial charge is 0.376 e. The van der Waals surface area contributed by atoms with Crippen LogP contribution in [-0.4, -0.2) is 46.5 Å². The van der Waals surface area contributed by atoms with Gasteiger partial charge in [0.25, 0.3) is 5.56 Å². The van der Waals surface area contributed by atoms with Gasteiger partial charge in [0.1, 0.15) is 0 Å². The molecule has 1 aromatic carbocycles. The molecular weight excluding hydrogens is 368 g/mol. The summed E-state index contributed by atoms with van der Waals surface area (Å²) in [6, 6.07) is 6.55. The lowest BCUT2D eigenvalue weighted by Crippen LogP contribution is -2.41. The fourth-order valence-electron chi connectivity index (χ4n) is 2.88. The molecule has 0 saturated carbocycles. The highest BCUT2D eigenvalue weighted by atomic mass is 32.2. The van der Waals surface area contributed by atoms with E-state index < -0.39 is 17.2 Å². The minimum atomic E-state index is -0.605. The Labute approximate surface area is 160 Å². The highest BCUT2D eigenvalue weighted by molar-refractivity contribution is 8.00. The summed E-state index contributed by atoms with van der Waals surface area (Å²) >= 11 is 1.15. The van der Waals surface area contributed by atoms with Crippen molar-refractivity contribution in [3.63, 3.8) is 0 Å². The first kappa shape index (κ1) is 19.4. The Morgan fingerprint density at radius 3 is 2.89 bits per heavy atom. The van der Waals surface area contributed by atoms with Gasteiger partial charge >= 0.3 is 6.03 Å². The van der Waals surface area contributed by atoms with E-state index in [0.717, 1.165) is 24.6 Å². The number of carbonyl (C=O) groups excluding carboxylic acids is 2. The first-order valence-corrected chi connectivity index (χ1v) is 9.68. The summed E-state index contributed by atoms with van der Waals surface area (Å²) in [4.78, 5) is 41.1. The van der Waals surface area contributed by atoms with E-state index in [1.54, 1.807) is 29.7 Å². The van der Waals surface area contributed by atoms with Crippen LogP contribution in [0.1, 0.15) is 19.8 Å². The van der Waals surface area contributed by atoms with E-state index >= 15 is 0 Å². The van der Waals surface area contributed by atoms with E-state index in [1.807, 2.05) is 6.07 Å². The van der Waals surface area contributed by atoms with Gasteiger partial charge in [-0.1, -0.05) is 23.9 Å². The number of hydrogen-bond acceptors (Lipinski definition) is 6. The van der Waals surface area contributed by atoms with Crippen LogP contribution in [0.15, 0.2) is 34.2 Å². The van der Waals surface area contributed by atoms with E-state index in [0.29, 0.717) is 29.2 Å². The molecule has 9 heteroatoms. The second-order valence-electron chi connectivity index (χ2n) is 6.29. The number of thioether (sulfide) groups is 1. The van der Waals surface area contributed by atoms with Crippen molar-refractivity contribution in [3.8, 4) is 0 Å². The van der Waals surface area contributed by atoms with Gasteiger partial charge in [-0.15, -0.1) is 0 Å². The second kappa shape index (κ2) is 8.53. The average Bonchev–Trinajstić information content (AvgIpc) is 3.17. The van der Waals surface area contributed by atoms with Crippen molar-refractivity contribution < 1.29 is 14.3 Å². The van der Waals surface area contributed by atoms with Crippen LogP contribution < -0.4 is 16.2 Å². The van der Waals surface area contributed by atoms with Gasteiger partial charge in [-0.25, -0.2) is 9.78 Å². The zero-order chi connectivity index (χ0) is 19.4. The minimum absolute atomic E-state index is 0.0417. The van der Waals surface area contributed by atoms with E-state index in [2.05, 4.69) is 15.6 Å². The van der Waals surface area contributed by atoms with Crippen molar-refractivity contribution >= 4 is 34.6 Å². The van der Waals surface area contributed by atoms with Gasteiger partial charge in [-0.2, -0.15) is 0 Å². The molecule has 1 aliphatic heterocycles. The lowest BCUT2D eigenvalue weighted by Gasteiger charge is -2.18. The Kier molecular flexibility index (Phi) is 6.12. The average molecular weight is 390 g/mol. The molecule has 0 unspecified atom stereocenters. The van der Waals surface area contributed by atoms with Crippen LogP contribution in [0.5, 0.6) is 0 Å². The smallest absolute Gasteiger partial charge is 0.321 e. The summed E-state index contributed by atoms with van der Waals surface area (Å²) in [5.74, 6) is -0.453. The Bertz CT molecular complexity index is 908. The highest BCUT2D eigenvalue weighted by Gasteiger charge is 2.23. The first-order chi connectivity index (χ1) is 13.0. The number of benzene rings is 1. The first-order valence-electron chi connectivity index (χ1n) is 8.80. The van der Waals surface area contributed by atoms with Gasteiger partial charge in [-0.3, -0.25) is 19.5 Å². The molecule has 2 N–H and O–H groups in total. The zero-order valence-corrected chi connectivity index (χ0v) is 16.0. The number of urea groups is 1. The lowest BCUT2D eigenvalue weighted by atomic mass is 10.2. The van der Waals surface area contributed by atoms with Gasteiger partial charge < -0.3 is 10.1 Å². The standard InChI is InChI=1S/C18H22N4O4S/c1-11(15(23)21-17(25)19-2)27-18-20-14-8-4-3-7-13(14)16(24)22(18)10-12-6-5-9-26-12/h3-4,7-8,11-12H,5-6,9-10H2,1-2H3,(H2,19,21,23,25)/t11-,12+/m1/s1. The van der Waals surface area contributed by atoms with Crippen molar-refractivity contribution in [1.29, 1.82) is 0 Å². The van der Waals surface area contributed by atoms with E-state index in [4.69, 9.17) is 4.74 Å². The molecule has 3 rings (SSSR count). The van der Waals surface area contributed by atoms with Crippen LogP contribution in [0.2, 0.25) is 0 Å². The van der Waals surface area contributed by atoms with Crippen LogP contribution in [0.25, 0.3) is 10.9 Å². The van der Waals surface area contributed by atoms with Crippen LogP contribution in [0, 0.1) is 0 Å². The predicted octanol–water partition coefficient (Wildman–Crippen LogP) is 1.51. The summed E-state index contributed by atoms with van der Waals surface area (Å²) in [5, 5.41) is 4.95. The van der Waals surface area contributed by atoms with Crippen LogP contribution in [0.3, 0.4) is 0 Å². The summed E-state index contributed by atoms with van der Waals surface area (Å²) in [5.41, 5.74) is 0.421. The monoisotopic (exact) mass is 390 g/mol. The van der Waals surface area contributed by atoms with Gasteiger partial charge in [0.05, 0.1) is 28.8 Å². The zero-order valence-electron chi connectivity index (χ0n) is 15.2. The Balaban J connectivity index is 1.93. The SMILES string of the molecule is CNC(=O)NC(=O)[C@@H](C)Sc1nc2ccccc2c(=O)n1C[C@@H]1CCCO1. The maximum Gasteiger partial charge on any atom is 0.321 e. The normalized spacial score (nSPS) is 17.6. The number of hydrogen-bond donors (Lipinski definition) is 2. The molecule has 27 heavy (non-hydrogen) atoms. The molecule has 8 nitrogen and oxygen atoms in total. The quantitative estimate of drug-likeness (QED) is 0.593. The molecule has 2 atom stereocenters. The second-order valence-corrected chi connectivity index (χ2v) is 7.60. The van der Waals surface area contributed by atoms with Crippen LogP contribution in [0.4, 0.5) is 4.79 Å². The molecule has 0 aliphatic carbocycles. The molecule has 1 aliphatic rings. The Hall–Kier alpha value is -2.39. The van der Waals surface area contributed by atoms with Crippen molar-refractivity contribution in [1.82, 2.24) is 20.2 Å². The molecule has 0 spiro atoms. The number of nitrogens with one attached hydrogen (secondary N) is 2. The van der Waals surface area contributed by atoms with Crippen LogP contribution in [-0.2, 0) is 16.1 Å². The van der Waals surface area contributed by atoms with Gasteiger partial charge in [0, 0.05) is 13.7 Å². The maximum absolute atomic E-state index is 13.0. The van der Waals surface area contributed by atoms with Crippen molar-refractivity contribution in [2.75, 3.05) is 13.7 Å². The third-order valence-electron chi connectivity index (χ3n) is 4.35. The molecule has 1 fully saturated rings. The van der Waals surface area contributed by atoms with E-state index in [9.17, 15) is 14.4 Å². The lowest BCUT2D eigenvalue weighted by molar-refractivity contribution is -0.119. The molecule has 2 heterocycles. The van der Waals surface area contributed by atoms with Gasteiger partial charge in [-0.05, 0) is 31.9 Å². The topological polar surface area (TPSA) is 102 Å². The maximum atomic E-state index is 13.0. The van der Waals surface area contributed by atoms with Gasteiger partial charge in [0.15, 0.2) is 5.16 Å². The number of ether oxygens (including phenoxy) is 1. The summed E-state index contributed by atoms with van der Waals surface area (Å²) < 4.78 is 7.25. The minimum Gasteiger partial charge on any atom is -0.376 e. The molecule has 2 aromatic rings. The number of carbonyl (C=O) groups is 2. The number of imide groups is 1. The molecular formula is C18H22N4O4S. The predicted molar refractivity (Wildman–Crippen MR) is 103 cm³/mol. The summed E-state index contributed by atoms with van der Waals surface area (Å²) in [7, 11) is 1.44. The number of nitrogens with zero attached hydrogens (tertiary/aromatic N) is 2. The van der Waals surface area contributed by atoms with Crippen LogP contribution >= 0.6 is 11.8 Å². The summed E-state index contributed by atoms with van der Waals surface area (Å²) in [6.07, 6.45) is 1.81. The van der Waals surface area contributed by atoms with Gasteiger partial charge in [0.2, 0.25) is 5.91 Å². The molecule has 1 aromatic heterocycles. The fourth-order valence-corrected chi connectivity index (χ4v) is 3.80. The van der Waals surface area contributed by atoms with E-state index in [1.165, 1.54) is 7.05 Å². The Morgan fingerprint density at radius 2 is 2.19 bits per heavy atom. The molecule has 1 saturated heterocycles. The third-order valence-corrected chi connectivity index (χ3v) is 5.44. The summed E-state index contributed by atoms with van der Waals surface area (Å²) in [6.45, 7) is 2.75. The number of aromatic nitrogens is 2. The Morgan fingerprint density at radius 1 is 1.41 bits per heavy atom. The third kappa shape index (κ3) is 4.48. The van der Waals surface area contributed by atoms with E-state index in [-0.39, 0.29) is 11.7 Å². The number of para-hydroxylation sites is 1. The number of amides is 3. The highest BCUT2D eigenvalue weighted by Crippen LogP contribution is 2.24.